The van der Waals surface area contributed by atoms with Crippen LogP contribution in [0.25, 0.3) is 0 Å². The zero-order valence-electron chi connectivity index (χ0n) is 20.4. The zero-order chi connectivity index (χ0) is 24.3. The van der Waals surface area contributed by atoms with Gasteiger partial charge in [0.25, 0.3) is 0 Å². The molecule has 0 radical (unpaired) electrons. The first kappa shape index (κ1) is 26.8. The van der Waals surface area contributed by atoms with Crippen LogP contribution in [0.4, 0.5) is 0 Å². The number of esters is 1. The Kier molecular flexibility index (Phi) is 8.23. The molecule has 1 aromatic rings. The second kappa shape index (κ2) is 9.51. The number of aromatic carboxylic acids is 1. The maximum Gasteiger partial charge on any atom is 0.339 e. The summed E-state index contributed by atoms with van der Waals surface area (Å²) in [6, 6.07) is 5.94. The van der Waals surface area contributed by atoms with Crippen molar-refractivity contribution < 1.29 is 29.0 Å². The third-order valence-corrected chi connectivity index (χ3v) is 5.05. The molecule has 1 rings (SSSR count). The largest absolute Gasteiger partial charge is 0.478 e. The first-order valence-corrected chi connectivity index (χ1v) is 10.6. The Morgan fingerprint density at radius 2 is 1.39 bits per heavy atom. The Labute approximate surface area is 186 Å². The summed E-state index contributed by atoms with van der Waals surface area (Å²) in [5.74, 6) is -1.86. The summed E-state index contributed by atoms with van der Waals surface area (Å²) >= 11 is 0. The number of carboxylic acids is 1. The SMILES string of the molecule is CC(C)(C)CC(C)(C)C(=O)C(C)(C)OCCC(C)(C)OC(=O)c1ccccc1C(=O)O. The number of carbonyl (C=O) groups excluding carboxylic acids is 2. The summed E-state index contributed by atoms with van der Waals surface area (Å²) in [7, 11) is 0. The molecule has 6 nitrogen and oxygen atoms in total. The molecule has 6 heteroatoms. The van der Waals surface area contributed by atoms with Crippen LogP contribution in [-0.2, 0) is 14.3 Å². The van der Waals surface area contributed by atoms with Gasteiger partial charge in [0.2, 0.25) is 0 Å². The standard InChI is InChI=1S/C25H38O6/c1-22(2,3)16-23(4,5)21(29)25(8,9)30-15-14-24(6,7)31-20(28)18-13-11-10-12-17(18)19(26)27/h10-13H,14-16H2,1-9H3,(H,26,27). The van der Waals surface area contributed by atoms with Crippen molar-refractivity contribution in [3.05, 3.63) is 35.4 Å². The molecule has 0 saturated carbocycles. The summed E-state index contributed by atoms with van der Waals surface area (Å²) in [4.78, 5) is 37.0. The van der Waals surface area contributed by atoms with Gasteiger partial charge in [-0.05, 0) is 51.7 Å². The predicted octanol–water partition coefficient (Wildman–Crippen LogP) is 5.54. The Morgan fingerprint density at radius 1 is 0.871 bits per heavy atom. The molecule has 0 atom stereocenters. The van der Waals surface area contributed by atoms with Crippen molar-refractivity contribution in [2.24, 2.45) is 10.8 Å². The molecular weight excluding hydrogens is 396 g/mol. The minimum Gasteiger partial charge on any atom is -0.478 e. The van der Waals surface area contributed by atoms with Crippen molar-refractivity contribution in [2.45, 2.75) is 86.4 Å². The Hall–Kier alpha value is -2.21. The number of carboxylic acid groups (broad SMARTS) is 1. The van der Waals surface area contributed by atoms with Gasteiger partial charge in [0.1, 0.15) is 11.2 Å². The molecule has 31 heavy (non-hydrogen) atoms. The van der Waals surface area contributed by atoms with E-state index in [1.165, 1.54) is 12.1 Å². The lowest BCUT2D eigenvalue weighted by atomic mass is 9.70. The average molecular weight is 435 g/mol. The van der Waals surface area contributed by atoms with Crippen LogP contribution in [0.2, 0.25) is 0 Å². The molecule has 0 spiro atoms. The lowest BCUT2D eigenvalue weighted by molar-refractivity contribution is -0.152. The molecule has 0 bridgehead atoms. The lowest BCUT2D eigenvalue weighted by Crippen LogP contribution is -2.46. The van der Waals surface area contributed by atoms with E-state index >= 15 is 0 Å². The van der Waals surface area contributed by atoms with E-state index in [4.69, 9.17) is 9.47 Å². The molecule has 0 unspecified atom stereocenters. The van der Waals surface area contributed by atoms with Gasteiger partial charge in [0, 0.05) is 11.8 Å². The van der Waals surface area contributed by atoms with E-state index in [2.05, 4.69) is 20.8 Å². The molecular formula is C25H38O6. The van der Waals surface area contributed by atoms with E-state index in [0.29, 0.717) is 6.42 Å². The maximum absolute atomic E-state index is 13.1. The van der Waals surface area contributed by atoms with E-state index in [1.54, 1.807) is 39.8 Å². The zero-order valence-corrected chi connectivity index (χ0v) is 20.4. The second-order valence-corrected chi connectivity index (χ2v) is 11.1. The van der Waals surface area contributed by atoms with Crippen molar-refractivity contribution in [3.8, 4) is 0 Å². The number of hydrogen-bond donors (Lipinski definition) is 1. The fourth-order valence-electron chi connectivity index (χ4n) is 4.04. The van der Waals surface area contributed by atoms with E-state index in [0.717, 1.165) is 6.42 Å². The maximum atomic E-state index is 13.1. The molecule has 0 aliphatic rings. The second-order valence-electron chi connectivity index (χ2n) is 11.1. The normalized spacial score (nSPS) is 13.1. The highest BCUT2D eigenvalue weighted by Crippen LogP contribution is 2.37. The van der Waals surface area contributed by atoms with Gasteiger partial charge < -0.3 is 14.6 Å². The van der Waals surface area contributed by atoms with Crippen molar-refractivity contribution in [2.75, 3.05) is 6.61 Å². The molecule has 0 aliphatic heterocycles. The third-order valence-electron chi connectivity index (χ3n) is 5.05. The molecule has 0 amide bonds. The predicted molar refractivity (Wildman–Crippen MR) is 120 cm³/mol. The average Bonchev–Trinajstić information content (AvgIpc) is 2.58. The number of rotatable bonds is 10. The van der Waals surface area contributed by atoms with Gasteiger partial charge in [0.05, 0.1) is 17.7 Å². The van der Waals surface area contributed by atoms with Gasteiger partial charge in [-0.15, -0.1) is 0 Å². The number of Topliss-reactive ketones (excluding diaryl/α,β-unsaturated/α-hetero) is 1. The van der Waals surface area contributed by atoms with Gasteiger partial charge in [-0.3, -0.25) is 4.79 Å². The Balaban J connectivity index is 2.76. The fraction of sp³-hybridized carbons (Fsp3) is 0.640. The van der Waals surface area contributed by atoms with Crippen LogP contribution in [-0.4, -0.2) is 40.6 Å². The molecule has 0 aliphatic carbocycles. The summed E-state index contributed by atoms with van der Waals surface area (Å²) in [6.07, 6.45) is 1.09. The van der Waals surface area contributed by atoms with Gasteiger partial charge in [0.15, 0.2) is 5.78 Å². The Morgan fingerprint density at radius 3 is 1.87 bits per heavy atom. The first-order chi connectivity index (χ1) is 13.9. The van der Waals surface area contributed by atoms with E-state index in [-0.39, 0.29) is 28.9 Å². The van der Waals surface area contributed by atoms with Crippen LogP contribution in [0.3, 0.4) is 0 Å². The van der Waals surface area contributed by atoms with Crippen LogP contribution in [0.15, 0.2) is 24.3 Å². The number of benzene rings is 1. The van der Waals surface area contributed by atoms with Crippen LogP contribution >= 0.6 is 0 Å². The number of ether oxygens (including phenoxy) is 2. The molecule has 1 aromatic carbocycles. The van der Waals surface area contributed by atoms with Crippen molar-refractivity contribution in [3.63, 3.8) is 0 Å². The molecule has 1 N–H and O–H groups in total. The van der Waals surface area contributed by atoms with Crippen LogP contribution in [0.5, 0.6) is 0 Å². The van der Waals surface area contributed by atoms with E-state index in [1.807, 2.05) is 13.8 Å². The van der Waals surface area contributed by atoms with Gasteiger partial charge in [-0.1, -0.05) is 46.8 Å². The number of hydrogen-bond acceptors (Lipinski definition) is 5. The molecule has 0 heterocycles. The first-order valence-electron chi connectivity index (χ1n) is 10.6. The van der Waals surface area contributed by atoms with Gasteiger partial charge in [-0.25, -0.2) is 9.59 Å². The fourth-order valence-corrected chi connectivity index (χ4v) is 4.04. The van der Waals surface area contributed by atoms with Crippen molar-refractivity contribution >= 4 is 17.7 Å². The van der Waals surface area contributed by atoms with E-state index < -0.39 is 28.6 Å². The highest BCUT2D eigenvalue weighted by atomic mass is 16.6. The summed E-state index contributed by atoms with van der Waals surface area (Å²) in [5, 5.41) is 9.27. The summed E-state index contributed by atoms with van der Waals surface area (Å²) in [5.41, 5.74) is -2.51. The van der Waals surface area contributed by atoms with Gasteiger partial charge >= 0.3 is 11.9 Å². The highest BCUT2D eigenvalue weighted by molar-refractivity contribution is 6.02. The molecule has 0 fully saturated rings. The van der Waals surface area contributed by atoms with Crippen LogP contribution in [0, 0.1) is 10.8 Å². The minimum atomic E-state index is -1.19. The number of ketones is 1. The van der Waals surface area contributed by atoms with Crippen LogP contribution in [0.1, 0.15) is 95.9 Å². The monoisotopic (exact) mass is 434 g/mol. The van der Waals surface area contributed by atoms with Crippen molar-refractivity contribution in [1.29, 1.82) is 0 Å². The summed E-state index contributed by atoms with van der Waals surface area (Å²) in [6.45, 7) is 17.4. The third kappa shape index (κ3) is 8.09. The van der Waals surface area contributed by atoms with E-state index in [9.17, 15) is 19.5 Å². The Bertz CT molecular complexity index is 812. The highest BCUT2D eigenvalue weighted by Gasteiger charge is 2.42. The summed E-state index contributed by atoms with van der Waals surface area (Å²) < 4.78 is 11.5. The number of carbonyl (C=O) groups is 3. The topological polar surface area (TPSA) is 89.9 Å². The van der Waals surface area contributed by atoms with Crippen LogP contribution < -0.4 is 0 Å². The van der Waals surface area contributed by atoms with Crippen molar-refractivity contribution in [1.82, 2.24) is 0 Å². The molecule has 0 saturated heterocycles. The lowest BCUT2D eigenvalue weighted by Gasteiger charge is -2.37. The minimum absolute atomic E-state index is 0.00318. The molecule has 0 aromatic heterocycles. The van der Waals surface area contributed by atoms with Gasteiger partial charge in [-0.2, -0.15) is 0 Å². The quantitative estimate of drug-likeness (QED) is 0.487. The smallest absolute Gasteiger partial charge is 0.339 e. The molecule has 174 valence electrons.